The first-order chi connectivity index (χ1) is 11.5. The van der Waals surface area contributed by atoms with Gasteiger partial charge in [0.2, 0.25) is 0 Å². The molecule has 0 bridgehead atoms. The van der Waals surface area contributed by atoms with Crippen molar-refractivity contribution in [3.8, 4) is 0 Å². The standard InChI is InChI=1S/C19H18ClNO3/c20-17-11-7-15(8-12-17)4-3-14-5-9-16(10-6-14)19(24)21-13-1-2-18(22)23/h3-12H,1-2,13H2,(H,21,24)(H,22,23). The van der Waals surface area contributed by atoms with Gasteiger partial charge >= 0.3 is 5.97 Å². The van der Waals surface area contributed by atoms with Crippen LogP contribution in [0.15, 0.2) is 48.5 Å². The number of benzene rings is 2. The Morgan fingerprint density at radius 2 is 1.50 bits per heavy atom. The fourth-order valence-electron chi connectivity index (χ4n) is 2.06. The van der Waals surface area contributed by atoms with Crippen LogP contribution in [0.25, 0.3) is 12.2 Å². The topological polar surface area (TPSA) is 66.4 Å². The zero-order valence-electron chi connectivity index (χ0n) is 13.0. The van der Waals surface area contributed by atoms with Gasteiger partial charge in [-0.25, -0.2) is 0 Å². The Bertz CT molecular complexity index is 721. The van der Waals surface area contributed by atoms with Crippen molar-refractivity contribution in [2.24, 2.45) is 0 Å². The zero-order chi connectivity index (χ0) is 17.4. The van der Waals surface area contributed by atoms with Crippen LogP contribution in [-0.4, -0.2) is 23.5 Å². The second kappa shape index (κ2) is 8.89. The van der Waals surface area contributed by atoms with Crippen LogP contribution in [0.1, 0.15) is 34.3 Å². The van der Waals surface area contributed by atoms with Gasteiger partial charge in [0.15, 0.2) is 0 Å². The van der Waals surface area contributed by atoms with E-state index in [0.29, 0.717) is 23.6 Å². The monoisotopic (exact) mass is 343 g/mol. The van der Waals surface area contributed by atoms with Crippen LogP contribution < -0.4 is 5.32 Å². The first-order valence-electron chi connectivity index (χ1n) is 7.58. The van der Waals surface area contributed by atoms with Crippen molar-refractivity contribution >= 4 is 35.6 Å². The lowest BCUT2D eigenvalue weighted by molar-refractivity contribution is -0.137. The Morgan fingerprint density at radius 1 is 0.958 bits per heavy atom. The van der Waals surface area contributed by atoms with E-state index in [1.807, 2.05) is 48.6 Å². The molecule has 4 nitrogen and oxygen atoms in total. The van der Waals surface area contributed by atoms with Crippen molar-refractivity contribution in [2.45, 2.75) is 12.8 Å². The highest BCUT2D eigenvalue weighted by atomic mass is 35.5. The molecule has 0 aromatic heterocycles. The van der Waals surface area contributed by atoms with Gasteiger partial charge in [-0.2, -0.15) is 0 Å². The second-order valence-electron chi connectivity index (χ2n) is 5.26. The summed E-state index contributed by atoms with van der Waals surface area (Å²) >= 11 is 5.85. The van der Waals surface area contributed by atoms with Crippen molar-refractivity contribution in [2.75, 3.05) is 6.54 Å². The fraction of sp³-hybridized carbons (Fsp3) is 0.158. The predicted octanol–water partition coefficient (Wildman–Crippen LogP) is 4.11. The third kappa shape index (κ3) is 5.89. The van der Waals surface area contributed by atoms with Crippen molar-refractivity contribution < 1.29 is 14.7 Å². The Hall–Kier alpha value is -2.59. The molecule has 1 amide bonds. The fourth-order valence-corrected chi connectivity index (χ4v) is 2.18. The molecule has 5 heteroatoms. The van der Waals surface area contributed by atoms with Crippen molar-refractivity contribution in [3.05, 3.63) is 70.2 Å². The van der Waals surface area contributed by atoms with Crippen molar-refractivity contribution in [1.29, 1.82) is 0 Å². The Balaban J connectivity index is 1.89. The molecule has 0 unspecified atom stereocenters. The molecule has 2 aromatic carbocycles. The number of carboxylic acid groups (broad SMARTS) is 1. The lowest BCUT2D eigenvalue weighted by Crippen LogP contribution is -2.24. The van der Waals surface area contributed by atoms with Gasteiger partial charge in [0.05, 0.1) is 0 Å². The number of nitrogens with one attached hydrogen (secondary N) is 1. The molecule has 2 N–H and O–H groups in total. The molecule has 0 spiro atoms. The molecule has 0 aliphatic rings. The Morgan fingerprint density at radius 3 is 2.04 bits per heavy atom. The molecule has 124 valence electrons. The quantitative estimate of drug-likeness (QED) is 0.587. The minimum atomic E-state index is -0.860. The molecule has 0 heterocycles. The number of aliphatic carboxylic acids is 1. The summed E-state index contributed by atoms with van der Waals surface area (Å²) in [6.07, 6.45) is 4.40. The number of rotatable bonds is 7. The third-order valence-corrected chi connectivity index (χ3v) is 3.62. The highest BCUT2D eigenvalue weighted by Crippen LogP contribution is 2.13. The van der Waals surface area contributed by atoms with Crippen molar-refractivity contribution in [1.82, 2.24) is 5.32 Å². The number of hydrogen-bond acceptors (Lipinski definition) is 2. The first kappa shape index (κ1) is 17.8. The highest BCUT2D eigenvalue weighted by Gasteiger charge is 2.04. The van der Waals surface area contributed by atoms with Gasteiger partial charge in [-0.1, -0.05) is 48.0 Å². The van der Waals surface area contributed by atoms with Gasteiger partial charge in [0.25, 0.3) is 5.91 Å². The molecular weight excluding hydrogens is 326 g/mol. The summed E-state index contributed by atoms with van der Waals surface area (Å²) in [5.74, 6) is -1.06. The number of amides is 1. The van der Waals surface area contributed by atoms with Gasteiger partial charge in [-0.3, -0.25) is 9.59 Å². The molecule has 0 fully saturated rings. The smallest absolute Gasteiger partial charge is 0.303 e. The summed E-state index contributed by atoms with van der Waals surface area (Å²) in [7, 11) is 0. The number of carbonyl (C=O) groups excluding carboxylic acids is 1. The normalized spacial score (nSPS) is 10.7. The predicted molar refractivity (Wildman–Crippen MR) is 96.0 cm³/mol. The van der Waals surface area contributed by atoms with Crippen LogP contribution >= 0.6 is 11.6 Å². The highest BCUT2D eigenvalue weighted by molar-refractivity contribution is 6.30. The van der Waals surface area contributed by atoms with Crippen LogP contribution in [-0.2, 0) is 4.79 Å². The van der Waals surface area contributed by atoms with Gasteiger partial charge in [-0.15, -0.1) is 0 Å². The average molecular weight is 344 g/mol. The van der Waals surface area contributed by atoms with E-state index in [4.69, 9.17) is 16.7 Å². The molecule has 0 saturated heterocycles. The molecule has 2 aromatic rings. The van der Waals surface area contributed by atoms with Gasteiger partial charge in [0.1, 0.15) is 0 Å². The summed E-state index contributed by atoms with van der Waals surface area (Å²) in [6.45, 7) is 0.351. The Kier molecular flexibility index (Phi) is 6.58. The van der Waals surface area contributed by atoms with Gasteiger partial charge in [0, 0.05) is 23.6 Å². The van der Waals surface area contributed by atoms with Crippen LogP contribution in [0.2, 0.25) is 5.02 Å². The van der Waals surface area contributed by atoms with E-state index in [1.54, 1.807) is 12.1 Å². The molecule has 0 saturated carbocycles. The third-order valence-electron chi connectivity index (χ3n) is 3.36. The van der Waals surface area contributed by atoms with E-state index >= 15 is 0 Å². The van der Waals surface area contributed by atoms with E-state index in [-0.39, 0.29) is 12.3 Å². The molecule has 0 aliphatic carbocycles. The molecule has 0 radical (unpaired) electrons. The SMILES string of the molecule is O=C(O)CCCNC(=O)c1ccc(C=Cc2ccc(Cl)cc2)cc1. The lowest BCUT2D eigenvalue weighted by atomic mass is 10.1. The maximum absolute atomic E-state index is 11.9. The minimum absolute atomic E-state index is 0.0503. The van der Waals surface area contributed by atoms with Gasteiger partial charge < -0.3 is 10.4 Å². The zero-order valence-corrected chi connectivity index (χ0v) is 13.8. The molecule has 24 heavy (non-hydrogen) atoms. The van der Waals surface area contributed by atoms with E-state index < -0.39 is 5.97 Å². The van der Waals surface area contributed by atoms with E-state index in [1.165, 1.54) is 0 Å². The molecular formula is C19H18ClNO3. The summed E-state index contributed by atoms with van der Waals surface area (Å²) in [6, 6.07) is 14.7. The molecule has 0 atom stereocenters. The van der Waals surface area contributed by atoms with Gasteiger partial charge in [-0.05, 0) is 41.8 Å². The number of carbonyl (C=O) groups is 2. The largest absolute Gasteiger partial charge is 0.481 e. The van der Waals surface area contributed by atoms with E-state index in [0.717, 1.165) is 11.1 Å². The average Bonchev–Trinajstić information content (AvgIpc) is 2.58. The Labute approximate surface area is 145 Å². The summed E-state index contributed by atoms with van der Waals surface area (Å²) in [5.41, 5.74) is 2.57. The lowest BCUT2D eigenvalue weighted by Gasteiger charge is -2.04. The maximum Gasteiger partial charge on any atom is 0.303 e. The summed E-state index contributed by atoms with van der Waals surface area (Å²) < 4.78 is 0. The minimum Gasteiger partial charge on any atom is -0.481 e. The second-order valence-corrected chi connectivity index (χ2v) is 5.70. The molecule has 2 rings (SSSR count). The van der Waals surface area contributed by atoms with Crippen LogP contribution in [0.3, 0.4) is 0 Å². The van der Waals surface area contributed by atoms with Crippen LogP contribution in [0, 0.1) is 0 Å². The number of carboxylic acids is 1. The maximum atomic E-state index is 11.9. The van der Waals surface area contributed by atoms with E-state index in [2.05, 4.69) is 5.32 Å². The van der Waals surface area contributed by atoms with E-state index in [9.17, 15) is 9.59 Å². The van der Waals surface area contributed by atoms with Crippen molar-refractivity contribution in [3.63, 3.8) is 0 Å². The van der Waals surface area contributed by atoms with Crippen LogP contribution in [0.4, 0.5) is 0 Å². The first-order valence-corrected chi connectivity index (χ1v) is 7.96. The number of halogens is 1. The molecule has 0 aliphatic heterocycles. The van der Waals surface area contributed by atoms with Crippen LogP contribution in [0.5, 0.6) is 0 Å². The summed E-state index contributed by atoms with van der Waals surface area (Å²) in [4.78, 5) is 22.3. The summed E-state index contributed by atoms with van der Waals surface area (Å²) in [5, 5.41) is 12.0. The number of hydrogen-bond donors (Lipinski definition) is 2.